The summed E-state index contributed by atoms with van der Waals surface area (Å²) in [5.41, 5.74) is 0. The first kappa shape index (κ1) is 18.3. The minimum absolute atomic E-state index is 0.223. The van der Waals surface area contributed by atoms with Crippen LogP contribution in [0.5, 0.6) is 0 Å². The number of rotatable bonds is 2. The van der Waals surface area contributed by atoms with Crippen molar-refractivity contribution in [2.75, 3.05) is 0 Å². The van der Waals surface area contributed by atoms with Gasteiger partial charge >= 0.3 is 26.8 Å². The lowest BCUT2D eigenvalue weighted by Gasteiger charge is -2.03. The van der Waals surface area contributed by atoms with Gasteiger partial charge in [0.05, 0.1) is 0 Å². The summed E-state index contributed by atoms with van der Waals surface area (Å²) < 4.78 is 90.4. The predicted octanol–water partition coefficient (Wildman–Crippen LogP) is -2.62. The van der Waals surface area contributed by atoms with Crippen LogP contribution in [0, 0.1) is 0 Å². The maximum Gasteiger partial charge on any atom is 0.439 e. The third-order valence-corrected chi connectivity index (χ3v) is 2.85. The maximum atomic E-state index is 10.5. The van der Waals surface area contributed by atoms with Gasteiger partial charge in [0.25, 0.3) is 6.33 Å². The fourth-order valence-corrected chi connectivity index (χ4v) is 1.51. The van der Waals surface area contributed by atoms with Crippen LogP contribution in [-0.2, 0) is 25.4 Å². The second kappa shape index (κ2) is 5.73. The fourth-order valence-electron chi connectivity index (χ4n) is 0.594. The second-order valence-electron chi connectivity index (χ2n) is 2.81. The van der Waals surface area contributed by atoms with Crippen molar-refractivity contribution >= 4 is 26.6 Å². The topological polar surface area (TPSA) is 158 Å². The molecule has 0 saturated carbocycles. The van der Waals surface area contributed by atoms with Gasteiger partial charge in [-0.3, -0.25) is 9.11 Å². The molecule has 0 fully saturated rings. The second-order valence-corrected chi connectivity index (χ2v) is 5.45. The molecule has 0 unspecified atom stereocenters. The number of carboxylic acid groups (broad SMARTS) is 1. The molecule has 1 aromatic rings. The molecule has 0 radical (unpaired) electrons. The summed E-state index contributed by atoms with van der Waals surface area (Å²) in [6.07, 6.45) is -3.20. The monoisotopic (exact) mass is 342 g/mol. The number of halogens is 3. The van der Waals surface area contributed by atoms with Gasteiger partial charge in [0.15, 0.2) is 12.4 Å². The van der Waals surface area contributed by atoms with Crippen LogP contribution in [0.1, 0.15) is 0 Å². The Kier molecular flexibility index (Phi) is 5.24. The molecule has 20 heavy (non-hydrogen) atoms. The summed E-state index contributed by atoms with van der Waals surface area (Å²) in [6, 6.07) is 0. The first-order valence-electron chi connectivity index (χ1n) is 3.99. The highest BCUT2D eigenvalue weighted by molar-refractivity contribution is 7.84. The quantitative estimate of drug-likeness (QED) is 0.436. The van der Waals surface area contributed by atoms with Crippen LogP contribution in [-0.4, -0.2) is 42.1 Å². The van der Waals surface area contributed by atoms with E-state index in [1.807, 2.05) is 0 Å². The number of imidazole rings is 1. The van der Waals surface area contributed by atoms with Crippen molar-refractivity contribution in [1.82, 2.24) is 3.97 Å². The lowest BCUT2D eigenvalue weighted by atomic mass is 10.7. The van der Waals surface area contributed by atoms with Gasteiger partial charge in [0.1, 0.15) is 5.97 Å². The first-order valence-corrected chi connectivity index (χ1v) is 6.78. The summed E-state index contributed by atoms with van der Waals surface area (Å²) in [4.78, 5) is 8.78. The van der Waals surface area contributed by atoms with Crippen molar-refractivity contribution in [3.05, 3.63) is 18.7 Å². The molecule has 0 saturated heterocycles. The highest BCUT2D eigenvalue weighted by Gasteiger charge is 2.28. The van der Waals surface area contributed by atoms with E-state index in [0.29, 0.717) is 6.33 Å². The minimum Gasteiger partial charge on any atom is -0.542 e. The van der Waals surface area contributed by atoms with Crippen molar-refractivity contribution in [1.29, 1.82) is 0 Å². The predicted molar refractivity (Wildman–Crippen MR) is 49.6 cm³/mol. The standard InChI is InChI=1S/C3H4N2O6S2.C2HF3O2/c6-12(7,8)4-1-2-5(3-4)13(9,10)11;3-2(4,5)1(6)7/h1-3H,(H-,6,7,8,9,10,11);(H,6,7). The summed E-state index contributed by atoms with van der Waals surface area (Å²) in [5.74, 6) is -3.01. The van der Waals surface area contributed by atoms with Gasteiger partial charge in [-0.2, -0.15) is 30.0 Å². The summed E-state index contributed by atoms with van der Waals surface area (Å²) in [7, 11) is -9.04. The van der Waals surface area contributed by atoms with Crippen molar-refractivity contribution in [2.24, 2.45) is 0 Å². The minimum atomic E-state index is -5.19. The lowest BCUT2D eigenvalue weighted by Crippen LogP contribution is -2.40. The van der Waals surface area contributed by atoms with Crippen LogP contribution in [0.2, 0.25) is 0 Å². The van der Waals surface area contributed by atoms with Crippen LogP contribution >= 0.6 is 0 Å². The Bertz CT molecular complexity index is 641. The van der Waals surface area contributed by atoms with Crippen LogP contribution in [0.4, 0.5) is 13.2 Å². The third kappa shape index (κ3) is 5.95. The molecule has 1 rings (SSSR count). The van der Waals surface area contributed by atoms with E-state index < -0.39 is 32.8 Å². The smallest absolute Gasteiger partial charge is 0.439 e. The summed E-state index contributed by atoms with van der Waals surface area (Å²) >= 11 is 0. The number of hydrogen-bond acceptors (Lipinski definition) is 6. The molecular formula is C5H5F3N2O8S2. The third-order valence-electron chi connectivity index (χ3n) is 1.35. The molecule has 1 aromatic heterocycles. The van der Waals surface area contributed by atoms with Crippen LogP contribution in [0.15, 0.2) is 18.7 Å². The van der Waals surface area contributed by atoms with Crippen LogP contribution in [0.25, 0.3) is 0 Å². The van der Waals surface area contributed by atoms with Gasteiger partial charge in [0.2, 0.25) is 0 Å². The Morgan fingerprint density at radius 3 is 1.75 bits per heavy atom. The molecule has 0 amide bonds. The number of carboxylic acids is 1. The van der Waals surface area contributed by atoms with Crippen LogP contribution in [0.3, 0.4) is 0 Å². The molecule has 0 bridgehead atoms. The van der Waals surface area contributed by atoms with Crippen molar-refractivity contribution in [2.45, 2.75) is 6.18 Å². The number of alkyl halides is 3. The number of aliphatic carboxylic acids is 1. The van der Waals surface area contributed by atoms with Crippen molar-refractivity contribution in [3.63, 3.8) is 0 Å². The molecule has 116 valence electrons. The molecule has 2 N–H and O–H groups in total. The van der Waals surface area contributed by atoms with Crippen molar-refractivity contribution in [3.8, 4) is 0 Å². The van der Waals surface area contributed by atoms with E-state index in [2.05, 4.69) is 0 Å². The Balaban J connectivity index is 0.000000441. The molecule has 0 aliphatic carbocycles. The molecular weight excluding hydrogens is 337 g/mol. The van der Waals surface area contributed by atoms with Crippen LogP contribution < -0.4 is 9.08 Å². The highest BCUT2D eigenvalue weighted by Crippen LogP contribution is 2.11. The van der Waals surface area contributed by atoms with E-state index in [4.69, 9.17) is 19.0 Å². The van der Waals surface area contributed by atoms with Gasteiger partial charge in [-0.05, 0) is 0 Å². The number of aromatic nitrogens is 2. The molecule has 0 aromatic carbocycles. The Labute approximate surface area is 109 Å². The highest BCUT2D eigenvalue weighted by atomic mass is 32.2. The van der Waals surface area contributed by atoms with Gasteiger partial charge in [-0.1, -0.05) is 0 Å². The Morgan fingerprint density at radius 1 is 1.20 bits per heavy atom. The van der Waals surface area contributed by atoms with E-state index in [1.54, 1.807) is 0 Å². The molecule has 10 nitrogen and oxygen atoms in total. The van der Waals surface area contributed by atoms with Crippen molar-refractivity contribution < 1.29 is 53.0 Å². The van der Waals surface area contributed by atoms with E-state index in [1.165, 1.54) is 0 Å². The summed E-state index contributed by atoms with van der Waals surface area (Å²) in [6.45, 7) is 0. The average Bonchev–Trinajstić information content (AvgIpc) is 2.63. The number of carbonyl (C=O) groups is 1. The molecule has 0 atom stereocenters. The number of carbonyl (C=O) groups excluding carboxylic acids is 1. The molecule has 0 aliphatic rings. The maximum absolute atomic E-state index is 10.5. The lowest BCUT2D eigenvalue weighted by molar-refractivity contribution is -0.517. The Hall–Kier alpha value is -1.71. The average molecular weight is 342 g/mol. The molecule has 1 heterocycles. The zero-order chi connectivity index (χ0) is 16.4. The van der Waals surface area contributed by atoms with Gasteiger partial charge < -0.3 is 9.90 Å². The van der Waals surface area contributed by atoms with E-state index in [-0.39, 0.29) is 7.94 Å². The number of hydrogen-bond donors (Lipinski definition) is 2. The zero-order valence-electron chi connectivity index (χ0n) is 8.92. The molecule has 0 aliphatic heterocycles. The van der Waals surface area contributed by atoms with Gasteiger partial charge in [-0.15, -0.1) is 7.94 Å². The molecule has 15 heteroatoms. The van der Waals surface area contributed by atoms with E-state index in [0.717, 1.165) is 12.4 Å². The largest absolute Gasteiger partial charge is 0.542 e. The van der Waals surface area contributed by atoms with E-state index in [9.17, 15) is 30.0 Å². The van der Waals surface area contributed by atoms with Gasteiger partial charge in [-0.25, -0.2) is 0 Å². The normalized spacial score (nSPS) is 12.4. The number of nitrogens with zero attached hydrogens (tertiary/aromatic N) is 2. The van der Waals surface area contributed by atoms with E-state index >= 15 is 0 Å². The zero-order valence-corrected chi connectivity index (χ0v) is 10.6. The fraction of sp³-hybridized carbons (Fsp3) is 0.200. The SMILES string of the molecule is O=C([O-])C(F)(F)F.O=S(=O)(O)n1cc[n+](S(=O)(=O)O)c1. The first-order chi connectivity index (χ1) is 8.65. The summed E-state index contributed by atoms with van der Waals surface area (Å²) in [5, 5.41) is 8.78. The Morgan fingerprint density at radius 2 is 1.60 bits per heavy atom. The van der Waals surface area contributed by atoms with Gasteiger partial charge in [0, 0.05) is 0 Å². The molecule has 0 spiro atoms.